The summed E-state index contributed by atoms with van der Waals surface area (Å²) in [5.41, 5.74) is 7.40. The third-order valence-electron chi connectivity index (χ3n) is 2.50. The fraction of sp³-hybridized carbons (Fsp3) is 0.625. The first kappa shape index (κ1) is 12.4. The van der Waals surface area contributed by atoms with Crippen molar-refractivity contribution in [1.29, 1.82) is 0 Å². The van der Waals surface area contributed by atoms with Gasteiger partial charge in [0, 0.05) is 6.04 Å². The van der Waals surface area contributed by atoms with Crippen LogP contribution < -0.4 is 11.1 Å². The second-order valence-corrected chi connectivity index (χ2v) is 4.27. The second kappa shape index (κ2) is 5.39. The van der Waals surface area contributed by atoms with E-state index in [2.05, 4.69) is 15.5 Å². The molecule has 15 heavy (non-hydrogen) atoms. The summed E-state index contributed by atoms with van der Waals surface area (Å²) in [6, 6.07) is 0.00271. The van der Waals surface area contributed by atoms with E-state index in [1.54, 1.807) is 5.51 Å². The fourth-order valence-corrected chi connectivity index (χ4v) is 2.19. The number of anilines is 1. The zero-order valence-electron chi connectivity index (χ0n) is 8.05. The molecule has 84 valence electrons. The van der Waals surface area contributed by atoms with Crippen LogP contribution in [0, 0.1) is 5.92 Å². The number of aromatic nitrogens is 2. The molecule has 1 heterocycles. The second-order valence-electron chi connectivity index (χ2n) is 3.43. The highest BCUT2D eigenvalue weighted by Crippen LogP contribution is 2.25. The molecule has 1 aromatic heterocycles. The van der Waals surface area contributed by atoms with Crippen LogP contribution in [0.25, 0.3) is 0 Å². The van der Waals surface area contributed by atoms with Crippen LogP contribution in [0.5, 0.6) is 0 Å². The van der Waals surface area contributed by atoms with Crippen molar-refractivity contribution in [1.82, 2.24) is 10.2 Å². The first-order chi connectivity index (χ1) is 6.77. The molecule has 3 N–H and O–H groups in total. The Bertz CT molecular complexity index is 318. The molecule has 1 aromatic rings. The van der Waals surface area contributed by atoms with Crippen molar-refractivity contribution in [2.24, 2.45) is 11.7 Å². The molecular weight excluding hydrogens is 236 g/mol. The molecule has 0 saturated heterocycles. The molecule has 2 atom stereocenters. The van der Waals surface area contributed by atoms with Crippen LogP contribution in [0.4, 0.5) is 5.13 Å². The van der Waals surface area contributed by atoms with Gasteiger partial charge in [-0.1, -0.05) is 17.8 Å². The quantitative estimate of drug-likeness (QED) is 0.819. The summed E-state index contributed by atoms with van der Waals surface area (Å²) in [6.07, 6.45) is 2.86. The van der Waals surface area contributed by atoms with Crippen LogP contribution in [0.1, 0.15) is 19.3 Å². The van der Waals surface area contributed by atoms with Gasteiger partial charge >= 0.3 is 0 Å². The molecule has 1 saturated carbocycles. The van der Waals surface area contributed by atoms with Gasteiger partial charge < -0.3 is 11.1 Å². The molecule has 7 heteroatoms. The maximum Gasteiger partial charge on any atom is 0.230 e. The Kier molecular flexibility index (Phi) is 4.44. The monoisotopic (exact) mass is 248 g/mol. The highest BCUT2D eigenvalue weighted by Gasteiger charge is 2.30. The third-order valence-corrected chi connectivity index (χ3v) is 3.10. The molecule has 0 bridgehead atoms. The lowest BCUT2D eigenvalue weighted by Crippen LogP contribution is -2.34. The van der Waals surface area contributed by atoms with E-state index in [4.69, 9.17) is 5.73 Å². The molecule has 0 aromatic carbocycles. The van der Waals surface area contributed by atoms with Gasteiger partial charge in [0.2, 0.25) is 11.0 Å². The molecule has 1 fully saturated rings. The van der Waals surface area contributed by atoms with Crippen LogP contribution in [0.15, 0.2) is 5.51 Å². The standard InChI is InChI=1S/C8H12N4OS.ClH/c9-6-3-1-2-5(6)7(13)11-8-12-10-4-14-8;/h4-6H,1-3,9H2,(H,11,12,13);1H. The number of halogens is 1. The number of rotatable bonds is 2. The van der Waals surface area contributed by atoms with Gasteiger partial charge in [-0.3, -0.25) is 4.79 Å². The minimum atomic E-state index is -0.0566. The summed E-state index contributed by atoms with van der Waals surface area (Å²) in [5, 5.41) is 10.7. The third kappa shape index (κ3) is 2.87. The summed E-state index contributed by atoms with van der Waals surface area (Å²) in [4.78, 5) is 11.7. The number of nitrogens with zero attached hydrogens (tertiary/aromatic N) is 2. The average molecular weight is 249 g/mol. The largest absolute Gasteiger partial charge is 0.327 e. The summed E-state index contributed by atoms with van der Waals surface area (Å²) < 4.78 is 0. The molecular formula is C8H13ClN4OS. The van der Waals surface area contributed by atoms with E-state index < -0.39 is 0 Å². The highest BCUT2D eigenvalue weighted by molar-refractivity contribution is 7.13. The molecule has 1 aliphatic carbocycles. The normalized spacial score (nSPS) is 24.6. The van der Waals surface area contributed by atoms with Crippen LogP contribution >= 0.6 is 23.7 Å². The summed E-state index contributed by atoms with van der Waals surface area (Å²) in [6.45, 7) is 0. The Hall–Kier alpha value is -0.720. The predicted octanol–water partition coefficient (Wildman–Crippen LogP) is 1.03. The highest BCUT2D eigenvalue weighted by atomic mass is 35.5. The number of nitrogens with two attached hydrogens (primary N) is 1. The zero-order valence-corrected chi connectivity index (χ0v) is 9.68. The van der Waals surface area contributed by atoms with Gasteiger partial charge in [0.15, 0.2) is 0 Å². The predicted molar refractivity (Wildman–Crippen MR) is 61.1 cm³/mol. The lowest BCUT2D eigenvalue weighted by Gasteiger charge is -2.13. The van der Waals surface area contributed by atoms with Gasteiger partial charge in [0.1, 0.15) is 5.51 Å². The van der Waals surface area contributed by atoms with Gasteiger partial charge in [-0.05, 0) is 12.8 Å². The first-order valence-corrected chi connectivity index (χ1v) is 5.48. The van der Waals surface area contributed by atoms with E-state index in [9.17, 15) is 4.79 Å². The number of carbonyl (C=O) groups excluding carboxylic acids is 1. The number of hydrogen-bond donors (Lipinski definition) is 2. The minimum absolute atomic E-state index is 0. The minimum Gasteiger partial charge on any atom is -0.327 e. The van der Waals surface area contributed by atoms with Gasteiger partial charge in [0.05, 0.1) is 5.92 Å². The van der Waals surface area contributed by atoms with Crippen molar-refractivity contribution >= 4 is 34.8 Å². The van der Waals surface area contributed by atoms with E-state index >= 15 is 0 Å². The van der Waals surface area contributed by atoms with Crippen LogP contribution in [0.2, 0.25) is 0 Å². The Morgan fingerprint density at radius 3 is 2.93 bits per heavy atom. The van der Waals surface area contributed by atoms with Gasteiger partial charge in [-0.2, -0.15) is 0 Å². The smallest absolute Gasteiger partial charge is 0.230 e. The summed E-state index contributed by atoms with van der Waals surface area (Å²) in [5.74, 6) is -0.0781. The van der Waals surface area contributed by atoms with E-state index in [0.29, 0.717) is 5.13 Å². The van der Waals surface area contributed by atoms with Crippen molar-refractivity contribution < 1.29 is 4.79 Å². The Labute approximate surface area is 97.9 Å². The SMILES string of the molecule is Cl.NC1CCCC1C(=O)Nc1nncs1. The molecule has 1 amide bonds. The lowest BCUT2D eigenvalue weighted by molar-refractivity contribution is -0.120. The van der Waals surface area contributed by atoms with Crippen LogP contribution in [-0.2, 0) is 4.79 Å². The number of amides is 1. The molecule has 5 nitrogen and oxygen atoms in total. The maximum atomic E-state index is 11.7. The Balaban J connectivity index is 0.00000112. The fourth-order valence-electron chi connectivity index (χ4n) is 1.74. The Morgan fingerprint density at radius 2 is 2.40 bits per heavy atom. The Morgan fingerprint density at radius 1 is 1.60 bits per heavy atom. The topological polar surface area (TPSA) is 80.9 Å². The van der Waals surface area contributed by atoms with Crippen LogP contribution in [0.3, 0.4) is 0 Å². The molecule has 0 aliphatic heterocycles. The van der Waals surface area contributed by atoms with E-state index in [1.165, 1.54) is 11.3 Å². The van der Waals surface area contributed by atoms with Crippen molar-refractivity contribution in [2.45, 2.75) is 25.3 Å². The number of hydrogen-bond acceptors (Lipinski definition) is 5. The molecule has 0 spiro atoms. The summed E-state index contributed by atoms with van der Waals surface area (Å²) >= 11 is 1.32. The average Bonchev–Trinajstić information content (AvgIpc) is 2.75. The van der Waals surface area contributed by atoms with Crippen LogP contribution in [-0.4, -0.2) is 22.1 Å². The number of nitrogens with one attached hydrogen (secondary N) is 1. The van der Waals surface area contributed by atoms with Crippen molar-refractivity contribution in [2.75, 3.05) is 5.32 Å². The van der Waals surface area contributed by atoms with Crippen molar-refractivity contribution in [3.63, 3.8) is 0 Å². The van der Waals surface area contributed by atoms with Gasteiger partial charge in [-0.25, -0.2) is 0 Å². The molecule has 1 aliphatic rings. The van der Waals surface area contributed by atoms with E-state index in [-0.39, 0.29) is 30.3 Å². The number of carbonyl (C=O) groups is 1. The molecule has 2 rings (SSSR count). The zero-order chi connectivity index (χ0) is 9.97. The lowest BCUT2D eigenvalue weighted by atomic mass is 10.0. The molecule has 2 unspecified atom stereocenters. The van der Waals surface area contributed by atoms with Gasteiger partial charge in [-0.15, -0.1) is 22.6 Å². The van der Waals surface area contributed by atoms with Gasteiger partial charge in [0.25, 0.3) is 0 Å². The first-order valence-electron chi connectivity index (χ1n) is 4.60. The van der Waals surface area contributed by atoms with Crippen molar-refractivity contribution in [3.05, 3.63) is 5.51 Å². The molecule has 0 radical (unpaired) electrons. The van der Waals surface area contributed by atoms with E-state index in [0.717, 1.165) is 19.3 Å². The maximum absolute atomic E-state index is 11.7. The van der Waals surface area contributed by atoms with E-state index in [1.807, 2.05) is 0 Å². The summed E-state index contributed by atoms with van der Waals surface area (Å²) in [7, 11) is 0. The van der Waals surface area contributed by atoms with Crippen molar-refractivity contribution in [3.8, 4) is 0 Å².